The third kappa shape index (κ3) is 2.62. The third-order valence-electron chi connectivity index (χ3n) is 1.19. The molecule has 16 heavy (non-hydrogen) atoms. The molecule has 0 aliphatic rings. The van der Waals surface area contributed by atoms with Crippen LogP contribution in [0, 0.1) is 61.4 Å². The quantitative estimate of drug-likeness (QED) is 0.407. The Bertz CT molecular complexity index is 401. The molecule has 0 spiro atoms. The smallest absolute Gasteiger partial charge is 1.00 e. The first kappa shape index (κ1) is 25.0. The number of nitriles is 6. The van der Waals surface area contributed by atoms with E-state index in [1.165, 1.54) is 0 Å². The Hall–Kier alpha value is -0.0210. The number of hydrogen-bond donors (Lipinski definition) is 0. The van der Waals surface area contributed by atoms with Crippen LogP contribution in [-0.2, 0) is 27.8 Å². The molecule has 0 N–H and O–H groups in total. The van der Waals surface area contributed by atoms with E-state index in [0.717, 1.165) is 29.8 Å². The van der Waals surface area contributed by atoms with Gasteiger partial charge in [0.1, 0.15) is 0 Å². The standard InChI is InChI=1S/6CN.Fe.Mn.2Na/c6*1-2;;;;/q;;;;;;-4;+2;2*+1. The normalized spacial score (nSPS) is 10.9. The largest absolute Gasteiger partial charge is 2.00 e. The fourth-order valence-corrected chi connectivity index (χ4v) is 1.09. The average Bonchev–Trinajstić information content (AvgIpc) is 2.26. The molecule has 0 saturated carbocycles. The molecular formula is C6FeMnN6Na2. The van der Waals surface area contributed by atoms with E-state index in [1.807, 2.05) is 0 Å². The number of rotatable bonds is 0. The second kappa shape index (κ2) is 6.65. The maximum absolute atomic E-state index is 8.58. The van der Waals surface area contributed by atoms with Crippen molar-refractivity contribution in [3.8, 4) is 29.8 Å². The number of nitrogens with zero attached hydrogens (tertiary/aromatic N) is 6. The third-order valence-corrected chi connectivity index (χ3v) is 4.89. The van der Waals surface area contributed by atoms with Gasteiger partial charge in [0.15, 0.2) is 0 Å². The Kier molecular flexibility index (Phi) is 10.4. The monoisotopic (exact) mass is 313 g/mol. The van der Waals surface area contributed by atoms with Crippen molar-refractivity contribution in [3.05, 3.63) is 0 Å². The van der Waals surface area contributed by atoms with Gasteiger partial charge in [0.05, 0.1) is 0 Å². The van der Waals surface area contributed by atoms with Crippen molar-refractivity contribution in [2.45, 2.75) is 0 Å². The zero-order chi connectivity index (χ0) is 10.7. The minimum Gasteiger partial charge on any atom is 1.00 e. The van der Waals surface area contributed by atoms with E-state index in [-0.39, 0.29) is 76.2 Å². The average molecular weight is 313 g/mol. The van der Waals surface area contributed by atoms with Crippen LogP contribution in [0.5, 0.6) is 0 Å². The van der Waals surface area contributed by atoms with E-state index in [4.69, 9.17) is 31.6 Å². The van der Waals surface area contributed by atoms with Gasteiger partial charge in [0, 0.05) is 0 Å². The molecule has 0 aromatic heterocycles. The first-order chi connectivity index (χ1) is 5.97. The van der Waals surface area contributed by atoms with Crippen LogP contribution < -0.4 is 59.1 Å². The minimum atomic E-state index is -6.17. The molecule has 0 heterocycles. The summed E-state index contributed by atoms with van der Waals surface area (Å²) >= 11 is 0. The van der Waals surface area contributed by atoms with Crippen molar-refractivity contribution in [2.75, 3.05) is 0 Å². The summed E-state index contributed by atoms with van der Waals surface area (Å²) < 4.78 is 0. The molecule has 0 aromatic carbocycles. The molecule has 0 aliphatic carbocycles. The van der Waals surface area contributed by atoms with Crippen LogP contribution in [0.2, 0.25) is 0 Å². The summed E-state index contributed by atoms with van der Waals surface area (Å²) in [7, 11) is -6.17. The second-order valence-electron chi connectivity index (χ2n) is 1.80. The van der Waals surface area contributed by atoms with Crippen molar-refractivity contribution in [1.82, 2.24) is 0 Å². The zero-order valence-electron chi connectivity index (χ0n) is 8.41. The van der Waals surface area contributed by atoms with Gasteiger partial charge in [-0.3, -0.25) is 0 Å². The molecule has 0 bridgehead atoms. The van der Waals surface area contributed by atoms with Gasteiger partial charge in [0.2, 0.25) is 0 Å². The maximum Gasteiger partial charge on any atom is 2.00 e. The van der Waals surface area contributed by atoms with E-state index < -0.39 is 10.7 Å². The van der Waals surface area contributed by atoms with Crippen LogP contribution in [0.1, 0.15) is 0 Å². The van der Waals surface area contributed by atoms with Crippen molar-refractivity contribution in [1.29, 1.82) is 31.6 Å². The molecule has 0 rings (SSSR count). The molecule has 10 heteroatoms. The first-order valence-electron chi connectivity index (χ1n) is 2.40. The Balaban J connectivity index is -0.000000240. The summed E-state index contributed by atoms with van der Waals surface area (Å²) in [4.78, 5) is 6.19. The molecule has 0 fully saturated rings. The van der Waals surface area contributed by atoms with E-state index in [0.29, 0.717) is 0 Å². The predicted octanol–water partition coefficient (Wildman–Crippen LogP) is -5.90. The van der Waals surface area contributed by atoms with Crippen LogP contribution in [0.25, 0.3) is 0 Å². The minimum absolute atomic E-state index is 0. The SMILES string of the molecule is N#[C][Fe-4]([C]#N)([C]#N)([C]#N)([C]#N)[C]#N.[Mn+2].[Na+].[Na+]. The molecule has 0 amide bonds. The van der Waals surface area contributed by atoms with Crippen molar-refractivity contribution in [2.24, 2.45) is 0 Å². The zero-order valence-corrected chi connectivity index (χ0v) is 14.7. The number of hydrogen-bond acceptors (Lipinski definition) is 6. The summed E-state index contributed by atoms with van der Waals surface area (Å²) in [6.45, 7) is 0. The predicted molar refractivity (Wildman–Crippen MR) is 33.7 cm³/mol. The fraction of sp³-hybridized carbons (Fsp3) is 0. The summed E-state index contributed by atoms with van der Waals surface area (Å²) in [5.41, 5.74) is 0. The van der Waals surface area contributed by atoms with Gasteiger partial charge < -0.3 is 0 Å². The van der Waals surface area contributed by atoms with E-state index >= 15 is 0 Å². The Morgan fingerprint density at radius 1 is 0.500 bits per heavy atom. The Morgan fingerprint density at radius 3 is 0.625 bits per heavy atom. The van der Waals surface area contributed by atoms with Gasteiger partial charge in [-0.1, -0.05) is 0 Å². The molecule has 0 aliphatic heterocycles. The van der Waals surface area contributed by atoms with Crippen molar-refractivity contribution < 1.29 is 86.9 Å². The molecule has 0 atom stereocenters. The summed E-state index contributed by atoms with van der Waals surface area (Å²) in [6.07, 6.45) is 0. The van der Waals surface area contributed by atoms with Crippen LogP contribution in [0.15, 0.2) is 0 Å². The van der Waals surface area contributed by atoms with Crippen molar-refractivity contribution >= 4 is 0 Å². The Labute approximate surface area is 146 Å². The van der Waals surface area contributed by atoms with E-state index in [1.54, 1.807) is 0 Å². The maximum atomic E-state index is 8.58. The first-order valence-corrected chi connectivity index (χ1v) is 5.71. The van der Waals surface area contributed by atoms with E-state index in [9.17, 15) is 0 Å². The van der Waals surface area contributed by atoms with Crippen LogP contribution >= 0.6 is 0 Å². The van der Waals surface area contributed by atoms with Gasteiger partial charge in [0.25, 0.3) is 0 Å². The van der Waals surface area contributed by atoms with Gasteiger partial charge >= 0.3 is 148 Å². The Morgan fingerprint density at radius 2 is 0.625 bits per heavy atom. The summed E-state index contributed by atoms with van der Waals surface area (Å²) in [6, 6.07) is 0. The van der Waals surface area contributed by atoms with Crippen LogP contribution in [-0.4, -0.2) is 0 Å². The molecule has 0 aromatic rings. The summed E-state index contributed by atoms with van der Waals surface area (Å²) in [5.74, 6) is 0. The summed E-state index contributed by atoms with van der Waals surface area (Å²) in [5, 5.41) is 51.5. The fourth-order valence-electron chi connectivity index (χ4n) is 0.265. The molecule has 6 nitrogen and oxygen atoms in total. The van der Waals surface area contributed by atoms with Gasteiger partial charge in [-0.15, -0.1) is 0 Å². The van der Waals surface area contributed by atoms with Crippen molar-refractivity contribution in [3.63, 3.8) is 0 Å². The van der Waals surface area contributed by atoms with Gasteiger partial charge in [-0.05, 0) is 0 Å². The van der Waals surface area contributed by atoms with Crippen LogP contribution in [0.3, 0.4) is 0 Å². The van der Waals surface area contributed by atoms with Crippen LogP contribution in [0.4, 0.5) is 0 Å². The molecule has 0 unspecified atom stereocenters. The van der Waals surface area contributed by atoms with E-state index in [2.05, 4.69) is 0 Å². The molecule has 0 saturated heterocycles. The molecule has 71 valence electrons. The molecular weight excluding hydrogens is 313 g/mol. The van der Waals surface area contributed by atoms with Gasteiger partial charge in [-0.25, -0.2) is 0 Å². The second-order valence-corrected chi connectivity index (χ2v) is 7.42. The molecule has 1 radical (unpaired) electrons. The van der Waals surface area contributed by atoms with Gasteiger partial charge in [-0.2, -0.15) is 0 Å². The topological polar surface area (TPSA) is 143 Å².